The molecule has 1 aliphatic heterocycles. The van der Waals surface area contributed by atoms with Gasteiger partial charge in [0.15, 0.2) is 28.8 Å². The Labute approximate surface area is 223 Å². The maximum absolute atomic E-state index is 13.9. The highest BCUT2D eigenvalue weighted by Gasteiger charge is 2.46. The summed E-state index contributed by atoms with van der Waals surface area (Å²) >= 11 is 0. The summed E-state index contributed by atoms with van der Waals surface area (Å²) in [6, 6.07) is 11.2. The molecule has 38 heavy (non-hydrogen) atoms. The van der Waals surface area contributed by atoms with Crippen LogP contribution in [0.2, 0.25) is 0 Å². The second kappa shape index (κ2) is 11.7. The van der Waals surface area contributed by atoms with E-state index in [0.29, 0.717) is 65.0 Å². The third-order valence-corrected chi connectivity index (χ3v) is 7.24. The van der Waals surface area contributed by atoms with Gasteiger partial charge in [-0.2, -0.15) is 0 Å². The molecule has 2 aliphatic rings. The monoisotopic (exact) mass is 521 g/mol. The molecule has 4 rings (SSSR count). The van der Waals surface area contributed by atoms with Gasteiger partial charge in [0.1, 0.15) is 5.92 Å². The predicted octanol–water partition coefficient (Wildman–Crippen LogP) is 5.25. The number of hydrogen-bond acceptors (Lipinski definition) is 8. The van der Waals surface area contributed by atoms with Crippen LogP contribution in [0.3, 0.4) is 0 Å². The van der Waals surface area contributed by atoms with Crippen molar-refractivity contribution in [1.82, 2.24) is 0 Å². The molecule has 0 spiro atoms. The number of Topliss-reactive ketones (excluding diaryl/α,β-unsaturated/α-hetero) is 1. The van der Waals surface area contributed by atoms with Gasteiger partial charge in [0.05, 0.1) is 35.0 Å². The number of allylic oxidation sites excluding steroid dienone is 2. The minimum absolute atomic E-state index is 0.0505. The van der Waals surface area contributed by atoms with Crippen molar-refractivity contribution >= 4 is 17.5 Å². The molecule has 2 aromatic rings. The fourth-order valence-electron chi connectivity index (χ4n) is 5.49. The second-order valence-electron chi connectivity index (χ2n) is 9.46. The van der Waals surface area contributed by atoms with Crippen LogP contribution in [0.5, 0.6) is 23.0 Å². The molecule has 202 valence electrons. The maximum atomic E-state index is 13.9. The lowest BCUT2D eigenvalue weighted by molar-refractivity contribution is -0.146. The molecule has 2 aromatic carbocycles. The van der Waals surface area contributed by atoms with Crippen molar-refractivity contribution in [3.05, 3.63) is 58.8 Å². The van der Waals surface area contributed by atoms with Gasteiger partial charge in [0.25, 0.3) is 0 Å². The molecular formula is C30H35NO7. The molecule has 0 amide bonds. The summed E-state index contributed by atoms with van der Waals surface area (Å²) in [6.45, 7) is 4.06. The van der Waals surface area contributed by atoms with E-state index < -0.39 is 17.8 Å². The Bertz CT molecular complexity index is 1280. The first-order valence-corrected chi connectivity index (χ1v) is 12.8. The maximum Gasteiger partial charge on any atom is 0.315 e. The highest BCUT2D eigenvalue weighted by atomic mass is 16.5. The van der Waals surface area contributed by atoms with Crippen molar-refractivity contribution < 1.29 is 33.3 Å². The van der Waals surface area contributed by atoms with Crippen LogP contribution in [0.15, 0.2) is 52.7 Å². The minimum atomic E-state index is -0.747. The van der Waals surface area contributed by atoms with E-state index in [0.717, 1.165) is 5.56 Å². The van der Waals surface area contributed by atoms with Gasteiger partial charge in [-0.3, -0.25) is 14.6 Å². The number of rotatable bonds is 9. The minimum Gasteiger partial charge on any atom is -0.493 e. The van der Waals surface area contributed by atoms with E-state index in [2.05, 4.69) is 0 Å². The molecule has 1 unspecified atom stereocenters. The van der Waals surface area contributed by atoms with Gasteiger partial charge in [0, 0.05) is 34.9 Å². The van der Waals surface area contributed by atoms with Gasteiger partial charge in [0.2, 0.25) is 0 Å². The van der Waals surface area contributed by atoms with Crippen molar-refractivity contribution in [1.29, 1.82) is 0 Å². The molecule has 8 nitrogen and oxygen atoms in total. The summed E-state index contributed by atoms with van der Waals surface area (Å²) < 4.78 is 27.7. The lowest BCUT2D eigenvalue weighted by Gasteiger charge is -2.37. The molecule has 1 heterocycles. The van der Waals surface area contributed by atoms with E-state index in [1.807, 2.05) is 44.2 Å². The average molecular weight is 522 g/mol. The van der Waals surface area contributed by atoms with Gasteiger partial charge in [-0.1, -0.05) is 25.1 Å². The van der Waals surface area contributed by atoms with Gasteiger partial charge in [-0.15, -0.1) is 0 Å². The Morgan fingerprint density at radius 2 is 1.68 bits per heavy atom. The van der Waals surface area contributed by atoms with E-state index in [-0.39, 0.29) is 18.1 Å². The number of carbonyl (C=O) groups is 2. The topological polar surface area (TPSA) is 92.7 Å². The van der Waals surface area contributed by atoms with E-state index in [1.54, 1.807) is 34.5 Å². The molecule has 1 aliphatic carbocycles. The fraction of sp³-hybridized carbons (Fsp3) is 0.433. The number of ether oxygens (including phenoxy) is 5. The number of methoxy groups -OCH3 is 4. The Morgan fingerprint density at radius 1 is 0.947 bits per heavy atom. The van der Waals surface area contributed by atoms with Crippen LogP contribution in [0, 0.1) is 5.92 Å². The van der Waals surface area contributed by atoms with Crippen molar-refractivity contribution in [3.63, 3.8) is 0 Å². The first kappa shape index (κ1) is 27.2. The molecule has 3 atom stereocenters. The number of hydrogen-bond donors (Lipinski definition) is 0. The molecular weight excluding hydrogens is 486 g/mol. The predicted molar refractivity (Wildman–Crippen MR) is 144 cm³/mol. The van der Waals surface area contributed by atoms with Crippen LogP contribution < -0.4 is 18.9 Å². The van der Waals surface area contributed by atoms with Crippen LogP contribution in [0.1, 0.15) is 56.1 Å². The summed E-state index contributed by atoms with van der Waals surface area (Å²) in [7, 11) is 6.30. The molecule has 0 N–H and O–H groups in total. The summed E-state index contributed by atoms with van der Waals surface area (Å²) in [6.07, 6.45) is 1.53. The number of carbonyl (C=O) groups excluding carboxylic acids is 2. The standard InChI is InChI=1S/C30H35NO7/c1-7-13-38-30(33)26-17(2)31-21-14-19(18-11-12-23(34-3)25(16-18)36-5)15-22(32)28(21)27(26)20-9-8-10-24(35-4)29(20)37-6/h8-12,16,19,26-27H,7,13-15H2,1-6H3/t19-,26?,27+/m0/s1. The lowest BCUT2D eigenvalue weighted by Crippen LogP contribution is -2.38. The zero-order valence-electron chi connectivity index (χ0n) is 22.8. The summed E-state index contributed by atoms with van der Waals surface area (Å²) in [5, 5.41) is 0. The van der Waals surface area contributed by atoms with Crippen molar-refractivity contribution in [2.75, 3.05) is 35.0 Å². The number of para-hydroxylation sites is 1. The Balaban J connectivity index is 1.83. The number of benzene rings is 2. The quantitative estimate of drug-likeness (QED) is 0.416. The number of aliphatic imine (C=N–C) groups is 1. The van der Waals surface area contributed by atoms with E-state index in [9.17, 15) is 9.59 Å². The van der Waals surface area contributed by atoms with Gasteiger partial charge in [-0.05, 0) is 49.4 Å². The molecule has 0 radical (unpaired) electrons. The molecule has 8 heteroatoms. The summed E-state index contributed by atoms with van der Waals surface area (Å²) in [5.41, 5.74) is 3.51. The van der Waals surface area contributed by atoms with Crippen LogP contribution in [-0.2, 0) is 14.3 Å². The molecule has 0 bridgehead atoms. The van der Waals surface area contributed by atoms with Crippen molar-refractivity contribution in [2.45, 2.75) is 44.9 Å². The van der Waals surface area contributed by atoms with Crippen LogP contribution >= 0.6 is 0 Å². The lowest BCUT2D eigenvalue weighted by atomic mass is 9.69. The number of esters is 1. The van der Waals surface area contributed by atoms with E-state index in [4.69, 9.17) is 28.7 Å². The third kappa shape index (κ3) is 4.99. The fourth-order valence-corrected chi connectivity index (χ4v) is 5.49. The Morgan fingerprint density at radius 3 is 2.34 bits per heavy atom. The van der Waals surface area contributed by atoms with Gasteiger partial charge >= 0.3 is 5.97 Å². The smallest absolute Gasteiger partial charge is 0.315 e. The highest BCUT2D eigenvalue weighted by molar-refractivity contribution is 6.09. The molecule has 0 saturated carbocycles. The Hall–Kier alpha value is -3.81. The van der Waals surface area contributed by atoms with E-state index >= 15 is 0 Å². The zero-order chi connectivity index (χ0) is 27.4. The molecule has 0 saturated heterocycles. The van der Waals surface area contributed by atoms with Crippen molar-refractivity contribution in [2.24, 2.45) is 10.9 Å². The molecule has 0 fully saturated rings. The van der Waals surface area contributed by atoms with Gasteiger partial charge < -0.3 is 23.7 Å². The second-order valence-corrected chi connectivity index (χ2v) is 9.46. The Kier molecular flexibility index (Phi) is 8.39. The summed E-state index contributed by atoms with van der Waals surface area (Å²) in [4.78, 5) is 32.1. The van der Waals surface area contributed by atoms with E-state index in [1.165, 1.54) is 0 Å². The highest BCUT2D eigenvalue weighted by Crippen LogP contribution is 2.50. The van der Waals surface area contributed by atoms with Gasteiger partial charge in [-0.25, -0.2) is 0 Å². The molecule has 0 aromatic heterocycles. The number of nitrogens with zero attached hydrogens (tertiary/aromatic N) is 1. The third-order valence-electron chi connectivity index (χ3n) is 7.24. The normalized spacial score (nSPS) is 20.8. The first-order valence-electron chi connectivity index (χ1n) is 12.8. The average Bonchev–Trinajstić information content (AvgIpc) is 2.93. The van der Waals surface area contributed by atoms with Crippen LogP contribution in [0.25, 0.3) is 0 Å². The first-order chi connectivity index (χ1) is 18.4. The SMILES string of the molecule is CCCOC(=O)C1C(C)=NC2=C(C(=O)C[C@@H](c3ccc(OC)c(OC)c3)C2)[C@@H]1c1cccc(OC)c1OC. The van der Waals surface area contributed by atoms with Crippen LogP contribution in [0.4, 0.5) is 0 Å². The largest absolute Gasteiger partial charge is 0.493 e. The zero-order valence-corrected chi connectivity index (χ0v) is 22.8. The van der Waals surface area contributed by atoms with Crippen LogP contribution in [-0.4, -0.2) is 52.5 Å². The number of ketones is 1. The summed E-state index contributed by atoms with van der Waals surface area (Å²) in [5.74, 6) is 0.369. The van der Waals surface area contributed by atoms with Crippen molar-refractivity contribution in [3.8, 4) is 23.0 Å².